The molecular weight excluding hydrogens is 363 g/mol. The molecule has 0 saturated carbocycles. The molecule has 3 nitrogen and oxygen atoms in total. The number of pyridine rings is 1. The van der Waals surface area contributed by atoms with Gasteiger partial charge >= 0.3 is 0 Å². The van der Waals surface area contributed by atoms with Gasteiger partial charge in [0.2, 0.25) is 0 Å². The molecule has 0 unspecified atom stereocenters. The standard InChI is InChI=1S/C25H19FN2O/c26-18-7-3-6-17(15-18)25(29)21-9-4-10-22-20(21)12-14-24(27-22)28-23-13-11-16-5-1-2-8-19(16)23/h1-10,12,14-15,23H,11,13H2,(H,27,28)/t23-/m1/s1. The predicted octanol–water partition coefficient (Wildman–Crippen LogP) is 5.70. The largest absolute Gasteiger partial charge is 0.363 e. The first-order valence-corrected chi connectivity index (χ1v) is 9.73. The maximum absolute atomic E-state index is 13.5. The predicted molar refractivity (Wildman–Crippen MR) is 113 cm³/mol. The number of aromatic nitrogens is 1. The highest BCUT2D eigenvalue weighted by molar-refractivity contribution is 6.16. The smallest absolute Gasteiger partial charge is 0.193 e. The molecule has 1 atom stereocenters. The summed E-state index contributed by atoms with van der Waals surface area (Å²) in [5.41, 5.74) is 4.31. The lowest BCUT2D eigenvalue weighted by Crippen LogP contribution is -2.09. The average molecular weight is 382 g/mol. The van der Waals surface area contributed by atoms with Crippen molar-refractivity contribution in [2.24, 2.45) is 0 Å². The summed E-state index contributed by atoms with van der Waals surface area (Å²) in [6.07, 6.45) is 2.10. The van der Waals surface area contributed by atoms with Crippen molar-refractivity contribution in [1.82, 2.24) is 4.98 Å². The van der Waals surface area contributed by atoms with Crippen LogP contribution in [0.1, 0.15) is 39.5 Å². The number of fused-ring (bicyclic) bond motifs is 2. The van der Waals surface area contributed by atoms with Crippen LogP contribution < -0.4 is 5.32 Å². The average Bonchev–Trinajstić information content (AvgIpc) is 3.15. The molecule has 5 rings (SSSR count). The zero-order valence-electron chi connectivity index (χ0n) is 15.7. The second-order valence-electron chi connectivity index (χ2n) is 7.34. The molecule has 0 amide bonds. The van der Waals surface area contributed by atoms with Crippen molar-refractivity contribution in [3.05, 3.63) is 107 Å². The molecule has 1 aliphatic rings. The molecule has 0 spiro atoms. The van der Waals surface area contributed by atoms with Crippen molar-refractivity contribution < 1.29 is 9.18 Å². The van der Waals surface area contributed by atoms with Crippen LogP contribution in [0.5, 0.6) is 0 Å². The number of carbonyl (C=O) groups is 1. The van der Waals surface area contributed by atoms with Gasteiger partial charge in [-0.25, -0.2) is 9.37 Å². The summed E-state index contributed by atoms with van der Waals surface area (Å²) in [5.74, 6) is 0.162. The van der Waals surface area contributed by atoms with E-state index in [4.69, 9.17) is 4.98 Å². The van der Waals surface area contributed by atoms with Crippen molar-refractivity contribution in [3.8, 4) is 0 Å². The first-order valence-electron chi connectivity index (χ1n) is 9.73. The maximum Gasteiger partial charge on any atom is 0.193 e. The quantitative estimate of drug-likeness (QED) is 0.460. The van der Waals surface area contributed by atoms with Gasteiger partial charge in [-0.1, -0.05) is 48.5 Å². The molecule has 0 saturated heterocycles. The van der Waals surface area contributed by atoms with E-state index in [0.717, 1.165) is 29.6 Å². The molecule has 3 aromatic carbocycles. The van der Waals surface area contributed by atoms with Crippen LogP contribution in [0, 0.1) is 5.82 Å². The summed E-state index contributed by atoms with van der Waals surface area (Å²) in [6, 6.07) is 23.8. The number of anilines is 1. The lowest BCUT2D eigenvalue weighted by Gasteiger charge is -2.15. The van der Waals surface area contributed by atoms with E-state index < -0.39 is 5.82 Å². The fourth-order valence-electron chi connectivity index (χ4n) is 4.10. The topological polar surface area (TPSA) is 42.0 Å². The van der Waals surface area contributed by atoms with E-state index in [1.807, 2.05) is 24.3 Å². The van der Waals surface area contributed by atoms with Gasteiger partial charge in [-0.15, -0.1) is 0 Å². The molecule has 4 aromatic rings. The van der Waals surface area contributed by atoms with Crippen LogP contribution in [0.25, 0.3) is 10.9 Å². The summed E-state index contributed by atoms with van der Waals surface area (Å²) in [5, 5.41) is 4.29. The number of carbonyl (C=O) groups excluding carboxylic acids is 1. The monoisotopic (exact) mass is 382 g/mol. The molecule has 29 heavy (non-hydrogen) atoms. The zero-order chi connectivity index (χ0) is 19.8. The van der Waals surface area contributed by atoms with Gasteiger partial charge in [-0.3, -0.25) is 4.79 Å². The van der Waals surface area contributed by atoms with Gasteiger partial charge in [0.15, 0.2) is 5.78 Å². The van der Waals surface area contributed by atoms with Crippen LogP contribution in [-0.2, 0) is 6.42 Å². The van der Waals surface area contributed by atoms with E-state index in [9.17, 15) is 9.18 Å². The molecule has 1 heterocycles. The van der Waals surface area contributed by atoms with Crippen molar-refractivity contribution in [2.45, 2.75) is 18.9 Å². The number of hydrogen-bond donors (Lipinski definition) is 1. The van der Waals surface area contributed by atoms with Gasteiger partial charge in [-0.05, 0) is 54.3 Å². The third-order valence-electron chi connectivity index (χ3n) is 5.52. The number of halogens is 1. The fourth-order valence-corrected chi connectivity index (χ4v) is 4.10. The minimum Gasteiger partial charge on any atom is -0.363 e. The van der Waals surface area contributed by atoms with Crippen LogP contribution in [-0.4, -0.2) is 10.8 Å². The molecule has 142 valence electrons. The molecule has 0 bridgehead atoms. The molecule has 0 radical (unpaired) electrons. The summed E-state index contributed by atoms with van der Waals surface area (Å²) in [6.45, 7) is 0. The fraction of sp³-hybridized carbons (Fsp3) is 0.120. The van der Waals surface area contributed by atoms with Gasteiger partial charge in [0.25, 0.3) is 0 Å². The number of benzene rings is 3. The minimum atomic E-state index is -0.419. The Labute approximate surface area is 168 Å². The van der Waals surface area contributed by atoms with Gasteiger partial charge in [0.1, 0.15) is 11.6 Å². The van der Waals surface area contributed by atoms with E-state index in [2.05, 4.69) is 29.6 Å². The number of ketones is 1. The first-order chi connectivity index (χ1) is 14.2. The van der Waals surface area contributed by atoms with Gasteiger partial charge in [0.05, 0.1) is 11.6 Å². The lowest BCUT2D eigenvalue weighted by molar-refractivity contribution is 0.104. The molecule has 4 heteroatoms. The first kappa shape index (κ1) is 17.6. The Kier molecular flexibility index (Phi) is 4.32. The molecule has 1 aromatic heterocycles. The van der Waals surface area contributed by atoms with E-state index in [0.29, 0.717) is 11.1 Å². The van der Waals surface area contributed by atoms with Crippen LogP contribution in [0.15, 0.2) is 78.9 Å². The highest BCUT2D eigenvalue weighted by Gasteiger charge is 2.22. The highest BCUT2D eigenvalue weighted by Crippen LogP contribution is 2.33. The van der Waals surface area contributed by atoms with Crippen LogP contribution >= 0.6 is 0 Å². The third kappa shape index (κ3) is 3.27. The Balaban J connectivity index is 1.47. The summed E-state index contributed by atoms with van der Waals surface area (Å²) in [4.78, 5) is 17.6. The van der Waals surface area contributed by atoms with Gasteiger partial charge < -0.3 is 5.32 Å². The Bertz CT molecular complexity index is 1230. The minimum absolute atomic E-state index is 0.206. The van der Waals surface area contributed by atoms with E-state index in [1.165, 1.54) is 23.3 Å². The van der Waals surface area contributed by atoms with Crippen LogP contribution in [0.4, 0.5) is 10.2 Å². The maximum atomic E-state index is 13.5. The second kappa shape index (κ2) is 7.13. The van der Waals surface area contributed by atoms with Gasteiger partial charge in [0, 0.05) is 16.5 Å². The molecule has 1 N–H and O–H groups in total. The Morgan fingerprint density at radius 3 is 2.72 bits per heavy atom. The van der Waals surface area contributed by atoms with Crippen LogP contribution in [0.3, 0.4) is 0 Å². The SMILES string of the molecule is O=C(c1cccc(F)c1)c1cccc2nc(N[C@@H]3CCc4ccccc43)ccc12. The number of nitrogens with zero attached hydrogens (tertiary/aromatic N) is 1. The molecule has 0 aliphatic heterocycles. The Hall–Kier alpha value is -3.53. The summed E-state index contributed by atoms with van der Waals surface area (Å²) in [7, 11) is 0. The van der Waals surface area contributed by atoms with Crippen molar-refractivity contribution in [1.29, 1.82) is 0 Å². The number of rotatable bonds is 4. The van der Waals surface area contributed by atoms with Crippen LogP contribution in [0.2, 0.25) is 0 Å². The van der Waals surface area contributed by atoms with E-state index in [1.54, 1.807) is 18.2 Å². The normalized spacial score (nSPS) is 15.3. The number of hydrogen-bond acceptors (Lipinski definition) is 3. The Morgan fingerprint density at radius 2 is 1.83 bits per heavy atom. The van der Waals surface area contributed by atoms with E-state index in [-0.39, 0.29) is 11.8 Å². The summed E-state index contributed by atoms with van der Waals surface area (Å²) >= 11 is 0. The van der Waals surface area contributed by atoms with Gasteiger partial charge in [-0.2, -0.15) is 0 Å². The van der Waals surface area contributed by atoms with Crippen molar-refractivity contribution >= 4 is 22.5 Å². The second-order valence-corrected chi connectivity index (χ2v) is 7.34. The molecule has 0 fully saturated rings. The van der Waals surface area contributed by atoms with Crippen molar-refractivity contribution in [3.63, 3.8) is 0 Å². The third-order valence-corrected chi connectivity index (χ3v) is 5.52. The molecular formula is C25H19FN2O. The number of aryl methyl sites for hydroxylation is 1. The highest BCUT2D eigenvalue weighted by atomic mass is 19.1. The van der Waals surface area contributed by atoms with E-state index >= 15 is 0 Å². The van der Waals surface area contributed by atoms with Crippen molar-refractivity contribution in [2.75, 3.05) is 5.32 Å². The summed E-state index contributed by atoms with van der Waals surface area (Å²) < 4.78 is 13.5. The zero-order valence-corrected chi connectivity index (χ0v) is 15.7. The molecule has 1 aliphatic carbocycles. The number of nitrogens with one attached hydrogen (secondary N) is 1. The lowest BCUT2D eigenvalue weighted by atomic mass is 9.99. The Morgan fingerprint density at radius 1 is 0.966 bits per heavy atom.